The van der Waals surface area contributed by atoms with Crippen LogP contribution in [0.5, 0.6) is 17.2 Å². The average molecular weight is 376 g/mol. The quantitative estimate of drug-likeness (QED) is 0.757. The van der Waals surface area contributed by atoms with Gasteiger partial charge in [-0.1, -0.05) is 24.3 Å². The Kier molecular flexibility index (Phi) is 5.10. The van der Waals surface area contributed by atoms with Crippen molar-refractivity contribution >= 4 is 5.91 Å². The lowest BCUT2D eigenvalue weighted by atomic mass is 10.0. The summed E-state index contributed by atoms with van der Waals surface area (Å²) in [6.07, 6.45) is 3.43. The molecule has 6 nitrogen and oxygen atoms in total. The Morgan fingerprint density at radius 1 is 1.14 bits per heavy atom. The van der Waals surface area contributed by atoms with E-state index in [0.29, 0.717) is 31.2 Å². The number of carbonyl (C=O) groups excluding carboxylic acids is 1. The summed E-state index contributed by atoms with van der Waals surface area (Å²) >= 11 is 0. The number of aromatic nitrogens is 1. The monoisotopic (exact) mass is 376 g/mol. The van der Waals surface area contributed by atoms with E-state index < -0.39 is 0 Å². The predicted molar refractivity (Wildman–Crippen MR) is 104 cm³/mol. The highest BCUT2D eigenvalue weighted by Crippen LogP contribution is 2.37. The molecule has 2 heterocycles. The molecule has 1 aromatic heterocycles. The molecule has 0 unspecified atom stereocenters. The smallest absolute Gasteiger partial charge is 0.260 e. The zero-order valence-electron chi connectivity index (χ0n) is 15.2. The Morgan fingerprint density at radius 3 is 2.79 bits per heavy atom. The molecule has 142 valence electrons. The maximum atomic E-state index is 12.6. The van der Waals surface area contributed by atoms with E-state index in [4.69, 9.17) is 9.47 Å². The number of hydrogen-bond acceptors (Lipinski definition) is 5. The molecule has 28 heavy (non-hydrogen) atoms. The molecule has 2 aromatic carbocycles. The normalized spacial score (nSPS) is 13.2. The fourth-order valence-electron chi connectivity index (χ4n) is 3.17. The number of para-hydroxylation sites is 1. The minimum atomic E-state index is -0.133. The number of aromatic hydroxyl groups is 1. The minimum Gasteiger partial charge on any atom is -0.504 e. The molecule has 6 heteroatoms. The van der Waals surface area contributed by atoms with Crippen LogP contribution in [0.2, 0.25) is 0 Å². The van der Waals surface area contributed by atoms with E-state index in [2.05, 4.69) is 4.98 Å². The van der Waals surface area contributed by atoms with Gasteiger partial charge in [-0.3, -0.25) is 9.78 Å². The van der Waals surface area contributed by atoms with Crippen molar-refractivity contribution in [3.05, 3.63) is 72.6 Å². The van der Waals surface area contributed by atoms with Gasteiger partial charge in [0, 0.05) is 30.1 Å². The Labute approximate surface area is 163 Å². The molecule has 0 saturated heterocycles. The second-order valence-electron chi connectivity index (χ2n) is 6.49. The van der Waals surface area contributed by atoms with Crippen molar-refractivity contribution < 1.29 is 19.4 Å². The van der Waals surface area contributed by atoms with Gasteiger partial charge in [-0.05, 0) is 35.9 Å². The molecule has 1 amide bonds. The van der Waals surface area contributed by atoms with Crippen LogP contribution in [0.25, 0.3) is 11.1 Å². The van der Waals surface area contributed by atoms with Gasteiger partial charge >= 0.3 is 0 Å². The van der Waals surface area contributed by atoms with Crippen molar-refractivity contribution in [2.75, 3.05) is 19.8 Å². The second-order valence-corrected chi connectivity index (χ2v) is 6.49. The molecule has 0 bridgehead atoms. The van der Waals surface area contributed by atoms with E-state index in [0.717, 1.165) is 16.7 Å². The second kappa shape index (κ2) is 8.00. The van der Waals surface area contributed by atoms with Crippen molar-refractivity contribution in [1.82, 2.24) is 9.88 Å². The number of hydrogen-bond donors (Lipinski definition) is 1. The Hall–Kier alpha value is -3.54. The molecular weight excluding hydrogens is 356 g/mol. The molecule has 0 atom stereocenters. The van der Waals surface area contributed by atoms with Gasteiger partial charge in [0.25, 0.3) is 5.91 Å². The van der Waals surface area contributed by atoms with E-state index in [1.54, 1.807) is 23.4 Å². The van der Waals surface area contributed by atoms with Crippen LogP contribution in [0, 0.1) is 0 Å². The summed E-state index contributed by atoms with van der Waals surface area (Å²) in [6.45, 7) is 1.03. The molecule has 0 fully saturated rings. The van der Waals surface area contributed by atoms with Crippen LogP contribution >= 0.6 is 0 Å². The summed E-state index contributed by atoms with van der Waals surface area (Å²) in [6, 6.07) is 16.6. The molecule has 1 aliphatic rings. The summed E-state index contributed by atoms with van der Waals surface area (Å²) in [5, 5.41) is 10.4. The van der Waals surface area contributed by atoms with Crippen molar-refractivity contribution in [2.24, 2.45) is 0 Å². The molecule has 0 radical (unpaired) electrons. The first-order chi connectivity index (χ1) is 13.7. The molecule has 1 N–H and O–H groups in total. The van der Waals surface area contributed by atoms with Crippen molar-refractivity contribution in [2.45, 2.75) is 6.54 Å². The van der Waals surface area contributed by atoms with E-state index >= 15 is 0 Å². The summed E-state index contributed by atoms with van der Waals surface area (Å²) in [5.41, 5.74) is 2.46. The highest BCUT2D eigenvalue weighted by Gasteiger charge is 2.23. The fraction of sp³-hybridized carbons (Fsp3) is 0.182. The number of nitrogens with zero attached hydrogens (tertiary/aromatic N) is 2. The average Bonchev–Trinajstić information content (AvgIpc) is 2.96. The summed E-state index contributed by atoms with van der Waals surface area (Å²) in [5.74, 6) is 1.00. The number of carbonyl (C=O) groups is 1. The number of fused-ring (bicyclic) bond motifs is 1. The molecular formula is C22H20N2O4. The highest BCUT2D eigenvalue weighted by molar-refractivity contribution is 5.78. The van der Waals surface area contributed by atoms with Gasteiger partial charge in [-0.15, -0.1) is 0 Å². The molecule has 0 aliphatic carbocycles. The van der Waals surface area contributed by atoms with Gasteiger partial charge in [0.15, 0.2) is 18.1 Å². The van der Waals surface area contributed by atoms with Gasteiger partial charge < -0.3 is 19.5 Å². The summed E-state index contributed by atoms with van der Waals surface area (Å²) in [7, 11) is 0. The number of pyridine rings is 1. The van der Waals surface area contributed by atoms with Gasteiger partial charge in [-0.25, -0.2) is 0 Å². The third-order valence-electron chi connectivity index (χ3n) is 4.57. The molecule has 3 aromatic rings. The summed E-state index contributed by atoms with van der Waals surface area (Å²) < 4.78 is 11.3. The van der Waals surface area contributed by atoms with Crippen LogP contribution in [0.4, 0.5) is 0 Å². The lowest BCUT2D eigenvalue weighted by Gasteiger charge is -2.20. The standard InChI is InChI=1S/C22H20N2O4/c25-20-12-17(16-5-4-8-23-13-16)11-18-14-24(9-10-27-22(18)20)21(26)15-28-19-6-2-1-3-7-19/h1-8,11-13,25H,9-10,14-15H2. The van der Waals surface area contributed by atoms with E-state index in [1.807, 2.05) is 48.5 Å². The minimum absolute atomic E-state index is 0.0480. The van der Waals surface area contributed by atoms with Gasteiger partial charge in [0.2, 0.25) is 0 Å². The largest absolute Gasteiger partial charge is 0.504 e. The molecule has 4 rings (SSSR count). The zero-order chi connectivity index (χ0) is 19.3. The number of amides is 1. The highest BCUT2D eigenvalue weighted by atomic mass is 16.5. The topological polar surface area (TPSA) is 71.9 Å². The third kappa shape index (κ3) is 3.91. The molecule has 0 saturated carbocycles. The van der Waals surface area contributed by atoms with Crippen LogP contribution < -0.4 is 9.47 Å². The maximum absolute atomic E-state index is 12.6. The third-order valence-corrected chi connectivity index (χ3v) is 4.57. The number of ether oxygens (including phenoxy) is 2. The fourth-order valence-corrected chi connectivity index (χ4v) is 3.17. The number of rotatable bonds is 4. The Balaban J connectivity index is 1.53. The molecule has 0 spiro atoms. The number of phenols is 1. The number of benzene rings is 2. The number of phenolic OH excluding ortho intramolecular Hbond substituents is 1. The Bertz CT molecular complexity index is 961. The van der Waals surface area contributed by atoms with E-state index in [1.165, 1.54) is 0 Å². The van der Waals surface area contributed by atoms with E-state index in [9.17, 15) is 9.90 Å². The summed E-state index contributed by atoms with van der Waals surface area (Å²) in [4.78, 5) is 18.5. The van der Waals surface area contributed by atoms with Crippen molar-refractivity contribution in [3.8, 4) is 28.4 Å². The van der Waals surface area contributed by atoms with Crippen LogP contribution in [-0.4, -0.2) is 40.7 Å². The van der Waals surface area contributed by atoms with Gasteiger partial charge in [0.1, 0.15) is 12.4 Å². The first-order valence-corrected chi connectivity index (χ1v) is 9.05. The maximum Gasteiger partial charge on any atom is 0.260 e. The first-order valence-electron chi connectivity index (χ1n) is 9.05. The lowest BCUT2D eigenvalue weighted by Crippen LogP contribution is -2.36. The first kappa shape index (κ1) is 17.9. The van der Waals surface area contributed by atoms with Crippen molar-refractivity contribution in [3.63, 3.8) is 0 Å². The van der Waals surface area contributed by atoms with Crippen LogP contribution in [0.1, 0.15) is 5.56 Å². The van der Waals surface area contributed by atoms with Crippen molar-refractivity contribution in [1.29, 1.82) is 0 Å². The Morgan fingerprint density at radius 2 is 2.00 bits per heavy atom. The zero-order valence-corrected chi connectivity index (χ0v) is 15.2. The SMILES string of the molecule is O=C(COc1ccccc1)N1CCOc2c(O)cc(-c3cccnc3)cc2C1. The van der Waals surface area contributed by atoms with Crippen LogP contribution in [0.15, 0.2) is 67.0 Å². The van der Waals surface area contributed by atoms with Gasteiger partial charge in [0.05, 0.1) is 6.54 Å². The molecule has 1 aliphatic heterocycles. The predicted octanol–water partition coefficient (Wildman–Crippen LogP) is 3.25. The lowest BCUT2D eigenvalue weighted by molar-refractivity contribution is -0.134. The van der Waals surface area contributed by atoms with Crippen LogP contribution in [-0.2, 0) is 11.3 Å². The van der Waals surface area contributed by atoms with Gasteiger partial charge in [-0.2, -0.15) is 0 Å². The van der Waals surface area contributed by atoms with Crippen LogP contribution in [0.3, 0.4) is 0 Å². The van der Waals surface area contributed by atoms with E-state index in [-0.39, 0.29) is 18.3 Å².